The van der Waals surface area contributed by atoms with E-state index in [2.05, 4.69) is 56.5 Å². The van der Waals surface area contributed by atoms with Crippen molar-refractivity contribution in [2.24, 2.45) is 5.92 Å². The van der Waals surface area contributed by atoms with E-state index in [9.17, 15) is 4.79 Å². The fourth-order valence-corrected chi connectivity index (χ4v) is 3.09. The molecule has 3 unspecified atom stereocenters. The smallest absolute Gasteiger partial charge is 0.223 e. The number of carbonyl (C=O) groups excluding carboxylic acids is 1. The van der Waals surface area contributed by atoms with Crippen LogP contribution in [0, 0.1) is 19.8 Å². The number of hydrogen-bond donors (Lipinski definition) is 2. The molecule has 20 heavy (non-hydrogen) atoms. The van der Waals surface area contributed by atoms with Gasteiger partial charge in [0.1, 0.15) is 0 Å². The quantitative estimate of drug-likeness (QED) is 0.890. The van der Waals surface area contributed by atoms with Gasteiger partial charge in [0.05, 0.1) is 6.04 Å². The minimum atomic E-state index is 0.0771. The van der Waals surface area contributed by atoms with Crippen LogP contribution in [0.2, 0.25) is 0 Å². The molecular formula is C17H26N2O. The summed E-state index contributed by atoms with van der Waals surface area (Å²) >= 11 is 0. The topological polar surface area (TPSA) is 41.1 Å². The first-order valence-corrected chi connectivity index (χ1v) is 7.58. The molecule has 1 fully saturated rings. The van der Waals surface area contributed by atoms with E-state index in [0.717, 1.165) is 19.4 Å². The van der Waals surface area contributed by atoms with E-state index < -0.39 is 0 Å². The van der Waals surface area contributed by atoms with Crippen molar-refractivity contribution in [1.29, 1.82) is 0 Å². The van der Waals surface area contributed by atoms with Gasteiger partial charge in [0.2, 0.25) is 5.91 Å². The highest BCUT2D eigenvalue weighted by molar-refractivity contribution is 5.79. The van der Waals surface area contributed by atoms with Crippen molar-refractivity contribution >= 4 is 5.91 Å². The Kier molecular flexibility index (Phi) is 4.81. The normalized spacial score (nSPS) is 24.2. The van der Waals surface area contributed by atoms with E-state index in [0.29, 0.717) is 6.04 Å². The van der Waals surface area contributed by atoms with E-state index in [-0.39, 0.29) is 17.9 Å². The molecule has 0 spiro atoms. The van der Waals surface area contributed by atoms with Crippen LogP contribution in [0.4, 0.5) is 0 Å². The minimum Gasteiger partial charge on any atom is -0.349 e. The molecule has 1 aromatic rings. The standard InChI is InChI=1S/C17H26N2O/c1-11-5-6-16(12(2)9-11)14(4)19-17(20)15-7-8-18-13(3)10-15/h5-6,9,13-15,18H,7-8,10H2,1-4H3,(H,19,20). The molecule has 0 saturated carbocycles. The Balaban J connectivity index is 1.99. The average molecular weight is 274 g/mol. The summed E-state index contributed by atoms with van der Waals surface area (Å²) in [6.45, 7) is 9.36. The lowest BCUT2D eigenvalue weighted by molar-refractivity contribution is -0.126. The third kappa shape index (κ3) is 3.60. The Morgan fingerprint density at radius 1 is 1.40 bits per heavy atom. The van der Waals surface area contributed by atoms with Crippen molar-refractivity contribution in [3.05, 3.63) is 34.9 Å². The summed E-state index contributed by atoms with van der Waals surface area (Å²) in [6.07, 6.45) is 1.88. The molecule has 2 rings (SSSR count). The molecule has 3 nitrogen and oxygen atoms in total. The molecule has 0 aromatic heterocycles. The fraction of sp³-hybridized carbons (Fsp3) is 0.588. The lowest BCUT2D eigenvalue weighted by Gasteiger charge is -2.28. The third-order valence-corrected chi connectivity index (χ3v) is 4.25. The monoisotopic (exact) mass is 274 g/mol. The van der Waals surface area contributed by atoms with Gasteiger partial charge in [-0.3, -0.25) is 4.79 Å². The molecule has 1 aromatic carbocycles. The zero-order valence-electron chi connectivity index (χ0n) is 13.0. The van der Waals surface area contributed by atoms with E-state index in [1.165, 1.54) is 16.7 Å². The summed E-state index contributed by atoms with van der Waals surface area (Å²) < 4.78 is 0. The van der Waals surface area contributed by atoms with Crippen molar-refractivity contribution in [2.75, 3.05) is 6.54 Å². The number of piperidine rings is 1. The van der Waals surface area contributed by atoms with Gasteiger partial charge < -0.3 is 10.6 Å². The number of rotatable bonds is 3. The highest BCUT2D eigenvalue weighted by Crippen LogP contribution is 2.21. The number of amides is 1. The highest BCUT2D eigenvalue weighted by atomic mass is 16.1. The van der Waals surface area contributed by atoms with Crippen LogP contribution in [0.25, 0.3) is 0 Å². The van der Waals surface area contributed by atoms with Gasteiger partial charge in [-0.1, -0.05) is 23.8 Å². The lowest BCUT2D eigenvalue weighted by Crippen LogP contribution is -2.43. The predicted octanol–water partition coefficient (Wildman–Crippen LogP) is 2.87. The Morgan fingerprint density at radius 3 is 2.80 bits per heavy atom. The first-order valence-electron chi connectivity index (χ1n) is 7.58. The van der Waals surface area contributed by atoms with Crippen LogP contribution in [0.1, 0.15) is 49.4 Å². The minimum absolute atomic E-state index is 0.0771. The lowest BCUT2D eigenvalue weighted by atomic mass is 9.91. The molecule has 2 N–H and O–H groups in total. The molecule has 0 radical (unpaired) electrons. The third-order valence-electron chi connectivity index (χ3n) is 4.25. The van der Waals surface area contributed by atoms with Crippen LogP contribution < -0.4 is 10.6 Å². The fourth-order valence-electron chi connectivity index (χ4n) is 3.09. The second kappa shape index (κ2) is 6.40. The SMILES string of the molecule is Cc1ccc(C(C)NC(=O)C2CCNC(C)C2)c(C)c1. The van der Waals surface area contributed by atoms with Gasteiger partial charge in [0.15, 0.2) is 0 Å². The van der Waals surface area contributed by atoms with Gasteiger partial charge in [0, 0.05) is 12.0 Å². The highest BCUT2D eigenvalue weighted by Gasteiger charge is 2.25. The van der Waals surface area contributed by atoms with Crippen LogP contribution in [0.3, 0.4) is 0 Å². The second-order valence-corrected chi connectivity index (χ2v) is 6.17. The maximum absolute atomic E-state index is 12.4. The van der Waals surface area contributed by atoms with Crippen LogP contribution in [0.5, 0.6) is 0 Å². The van der Waals surface area contributed by atoms with Crippen LogP contribution in [-0.4, -0.2) is 18.5 Å². The Bertz CT molecular complexity index is 484. The summed E-state index contributed by atoms with van der Waals surface area (Å²) in [5, 5.41) is 6.57. The van der Waals surface area contributed by atoms with Crippen molar-refractivity contribution in [3.8, 4) is 0 Å². The molecule has 0 bridgehead atoms. The zero-order valence-corrected chi connectivity index (χ0v) is 13.0. The van der Waals surface area contributed by atoms with Crippen LogP contribution in [-0.2, 0) is 4.79 Å². The molecule has 1 heterocycles. The van der Waals surface area contributed by atoms with E-state index in [1.807, 2.05) is 0 Å². The predicted molar refractivity (Wildman–Crippen MR) is 82.7 cm³/mol. The first-order chi connectivity index (χ1) is 9.47. The maximum Gasteiger partial charge on any atom is 0.223 e. The summed E-state index contributed by atoms with van der Waals surface area (Å²) in [5.74, 6) is 0.352. The Hall–Kier alpha value is -1.35. The van der Waals surface area contributed by atoms with Gasteiger partial charge >= 0.3 is 0 Å². The molecule has 1 amide bonds. The molecule has 3 atom stereocenters. The van der Waals surface area contributed by atoms with Crippen molar-refractivity contribution < 1.29 is 4.79 Å². The van der Waals surface area contributed by atoms with Gasteiger partial charge in [0.25, 0.3) is 0 Å². The van der Waals surface area contributed by atoms with Crippen molar-refractivity contribution in [3.63, 3.8) is 0 Å². The summed E-state index contributed by atoms with van der Waals surface area (Å²) in [6, 6.07) is 6.92. The summed E-state index contributed by atoms with van der Waals surface area (Å²) in [4.78, 5) is 12.4. The van der Waals surface area contributed by atoms with Gasteiger partial charge in [-0.15, -0.1) is 0 Å². The molecule has 0 aliphatic carbocycles. The largest absolute Gasteiger partial charge is 0.349 e. The second-order valence-electron chi connectivity index (χ2n) is 6.17. The van der Waals surface area contributed by atoms with E-state index >= 15 is 0 Å². The summed E-state index contributed by atoms with van der Waals surface area (Å²) in [5.41, 5.74) is 3.72. The van der Waals surface area contributed by atoms with Gasteiger partial charge in [-0.05, 0) is 58.2 Å². The molecule has 1 saturated heterocycles. The number of benzene rings is 1. The summed E-state index contributed by atoms with van der Waals surface area (Å²) in [7, 11) is 0. The number of hydrogen-bond acceptors (Lipinski definition) is 2. The van der Waals surface area contributed by atoms with Crippen LogP contribution >= 0.6 is 0 Å². The van der Waals surface area contributed by atoms with Crippen molar-refractivity contribution in [1.82, 2.24) is 10.6 Å². The molecule has 3 heteroatoms. The number of carbonyl (C=O) groups is 1. The molecule has 1 aliphatic rings. The van der Waals surface area contributed by atoms with Gasteiger partial charge in [-0.25, -0.2) is 0 Å². The number of aryl methyl sites for hydroxylation is 2. The average Bonchev–Trinajstić information content (AvgIpc) is 2.38. The molecular weight excluding hydrogens is 248 g/mol. The maximum atomic E-state index is 12.4. The Morgan fingerprint density at radius 2 is 2.15 bits per heavy atom. The van der Waals surface area contributed by atoms with E-state index in [4.69, 9.17) is 0 Å². The molecule has 1 aliphatic heterocycles. The first kappa shape index (κ1) is 15.0. The zero-order chi connectivity index (χ0) is 14.7. The number of nitrogens with one attached hydrogen (secondary N) is 2. The van der Waals surface area contributed by atoms with E-state index in [1.54, 1.807) is 0 Å². The van der Waals surface area contributed by atoms with Gasteiger partial charge in [-0.2, -0.15) is 0 Å². The molecule has 110 valence electrons. The van der Waals surface area contributed by atoms with Crippen LogP contribution in [0.15, 0.2) is 18.2 Å². The van der Waals surface area contributed by atoms with Crippen molar-refractivity contribution in [2.45, 2.75) is 52.6 Å². The Labute approximate surface area is 122 Å².